The Hall–Kier alpha value is -1.82. The van der Waals surface area contributed by atoms with Crippen molar-refractivity contribution in [2.75, 3.05) is 0 Å². The van der Waals surface area contributed by atoms with E-state index in [-0.39, 0.29) is 11.5 Å². The van der Waals surface area contributed by atoms with Crippen molar-refractivity contribution in [3.63, 3.8) is 0 Å². The summed E-state index contributed by atoms with van der Waals surface area (Å²) in [5.74, 6) is 1.17. The van der Waals surface area contributed by atoms with Gasteiger partial charge in [-0.3, -0.25) is 5.10 Å². The van der Waals surface area contributed by atoms with Crippen LogP contribution in [0.3, 0.4) is 0 Å². The van der Waals surface area contributed by atoms with E-state index < -0.39 is 0 Å². The molecule has 0 radical (unpaired) electrons. The summed E-state index contributed by atoms with van der Waals surface area (Å²) in [6.07, 6.45) is 5.15. The molecule has 18 heavy (non-hydrogen) atoms. The van der Waals surface area contributed by atoms with Gasteiger partial charge in [-0.15, -0.1) is 0 Å². The van der Waals surface area contributed by atoms with E-state index in [1.165, 1.54) is 6.33 Å². The molecule has 0 saturated heterocycles. The Kier molecular flexibility index (Phi) is 2.41. The van der Waals surface area contributed by atoms with E-state index in [4.69, 9.17) is 5.73 Å². The zero-order valence-corrected chi connectivity index (χ0v) is 10.5. The van der Waals surface area contributed by atoms with Gasteiger partial charge in [0.25, 0.3) is 0 Å². The fourth-order valence-electron chi connectivity index (χ4n) is 2.54. The molecule has 2 aromatic heterocycles. The number of rotatable bonds is 1. The minimum Gasteiger partial charge on any atom is -0.324 e. The van der Waals surface area contributed by atoms with E-state index in [1.807, 2.05) is 6.20 Å². The van der Waals surface area contributed by atoms with Crippen LogP contribution in [0.5, 0.6) is 0 Å². The average molecular weight is 244 g/mol. The van der Waals surface area contributed by atoms with Crippen LogP contribution in [0.15, 0.2) is 12.5 Å². The van der Waals surface area contributed by atoms with Gasteiger partial charge in [0.05, 0.1) is 0 Å². The van der Waals surface area contributed by atoms with Crippen LogP contribution in [0.4, 0.5) is 0 Å². The van der Waals surface area contributed by atoms with Crippen LogP contribution in [-0.2, 0) is 6.42 Å². The van der Waals surface area contributed by atoms with Crippen molar-refractivity contribution in [1.82, 2.24) is 25.1 Å². The summed E-state index contributed by atoms with van der Waals surface area (Å²) in [5.41, 5.74) is 8.44. The summed E-state index contributed by atoms with van der Waals surface area (Å²) in [4.78, 5) is 13.0. The van der Waals surface area contributed by atoms with Gasteiger partial charge in [0.2, 0.25) is 0 Å². The maximum Gasteiger partial charge on any atom is 0.197 e. The number of fused-ring (bicyclic) bond motifs is 1. The molecule has 0 fully saturated rings. The first-order valence-electron chi connectivity index (χ1n) is 6.02. The zero-order chi connectivity index (χ0) is 12.8. The molecule has 1 unspecified atom stereocenters. The quantitative estimate of drug-likeness (QED) is 0.787. The topological polar surface area (TPSA) is 93.4 Å². The Bertz CT molecular complexity index is 560. The van der Waals surface area contributed by atoms with Gasteiger partial charge in [0.1, 0.15) is 6.33 Å². The Morgan fingerprint density at radius 3 is 2.94 bits per heavy atom. The molecule has 3 rings (SSSR count). The normalized spacial score (nSPS) is 21.6. The third kappa shape index (κ3) is 1.88. The SMILES string of the molecule is CC1(C)Cc2nc(-c3ncn[nH]3)ncc2C(N)C1. The molecule has 6 heteroatoms. The summed E-state index contributed by atoms with van der Waals surface area (Å²) in [5, 5.41) is 6.59. The number of H-pyrrole nitrogens is 1. The van der Waals surface area contributed by atoms with Gasteiger partial charge >= 0.3 is 0 Å². The molecule has 1 atom stereocenters. The highest BCUT2D eigenvalue weighted by Crippen LogP contribution is 2.38. The number of nitrogens with one attached hydrogen (secondary N) is 1. The summed E-state index contributed by atoms with van der Waals surface area (Å²) < 4.78 is 0. The number of aromatic amines is 1. The molecule has 1 aliphatic carbocycles. The fourth-order valence-corrected chi connectivity index (χ4v) is 2.54. The van der Waals surface area contributed by atoms with Crippen LogP contribution in [0.1, 0.15) is 37.6 Å². The van der Waals surface area contributed by atoms with E-state index in [1.54, 1.807) is 0 Å². The monoisotopic (exact) mass is 244 g/mol. The molecule has 0 saturated carbocycles. The van der Waals surface area contributed by atoms with Gasteiger partial charge in [-0.2, -0.15) is 5.10 Å². The lowest BCUT2D eigenvalue weighted by Gasteiger charge is -2.34. The number of nitrogens with two attached hydrogens (primary N) is 1. The third-order valence-electron chi connectivity index (χ3n) is 3.34. The predicted octanol–water partition coefficient (Wildman–Crippen LogP) is 1.23. The van der Waals surface area contributed by atoms with E-state index >= 15 is 0 Å². The molecule has 6 nitrogen and oxygen atoms in total. The second-order valence-corrected chi connectivity index (χ2v) is 5.58. The molecule has 2 heterocycles. The molecular weight excluding hydrogens is 228 g/mol. The Morgan fingerprint density at radius 1 is 1.39 bits per heavy atom. The van der Waals surface area contributed by atoms with Gasteiger partial charge in [0, 0.05) is 23.5 Å². The lowest BCUT2D eigenvalue weighted by atomic mass is 9.74. The van der Waals surface area contributed by atoms with E-state index in [2.05, 4.69) is 39.0 Å². The molecule has 94 valence electrons. The van der Waals surface area contributed by atoms with Crippen molar-refractivity contribution in [2.24, 2.45) is 11.1 Å². The molecule has 3 N–H and O–H groups in total. The zero-order valence-electron chi connectivity index (χ0n) is 10.5. The molecule has 0 amide bonds. The van der Waals surface area contributed by atoms with Crippen LogP contribution >= 0.6 is 0 Å². The molecule has 0 spiro atoms. The van der Waals surface area contributed by atoms with Crippen LogP contribution in [0.2, 0.25) is 0 Å². The lowest BCUT2D eigenvalue weighted by Crippen LogP contribution is -2.30. The standard InChI is InChI=1S/C12H16N6/c1-12(2)3-8(13)7-5-14-10(17-9(7)4-12)11-15-6-16-18-11/h5-6,8H,3-4,13H2,1-2H3,(H,15,16,18). The summed E-state index contributed by atoms with van der Waals surface area (Å²) in [6.45, 7) is 4.43. The number of nitrogens with zero attached hydrogens (tertiary/aromatic N) is 4. The molecule has 0 bridgehead atoms. The van der Waals surface area contributed by atoms with Crippen LogP contribution in [0.25, 0.3) is 11.6 Å². The second kappa shape index (κ2) is 3.84. The van der Waals surface area contributed by atoms with Gasteiger partial charge in [-0.25, -0.2) is 15.0 Å². The molecule has 1 aliphatic rings. The molecule has 2 aromatic rings. The first kappa shape index (κ1) is 11.3. The van der Waals surface area contributed by atoms with Gasteiger partial charge in [-0.1, -0.05) is 13.8 Å². The van der Waals surface area contributed by atoms with Crippen molar-refractivity contribution in [3.8, 4) is 11.6 Å². The van der Waals surface area contributed by atoms with Crippen molar-refractivity contribution in [1.29, 1.82) is 0 Å². The minimum absolute atomic E-state index is 0.0209. The maximum atomic E-state index is 6.17. The average Bonchev–Trinajstić information content (AvgIpc) is 2.79. The van der Waals surface area contributed by atoms with Crippen molar-refractivity contribution >= 4 is 0 Å². The van der Waals surface area contributed by atoms with Crippen molar-refractivity contribution in [2.45, 2.75) is 32.7 Å². The number of hydrogen-bond donors (Lipinski definition) is 2. The Balaban J connectivity index is 2.05. The van der Waals surface area contributed by atoms with E-state index in [0.29, 0.717) is 11.6 Å². The lowest BCUT2D eigenvalue weighted by molar-refractivity contribution is 0.278. The van der Waals surface area contributed by atoms with Crippen molar-refractivity contribution in [3.05, 3.63) is 23.8 Å². The van der Waals surface area contributed by atoms with Crippen LogP contribution in [0, 0.1) is 5.41 Å². The largest absolute Gasteiger partial charge is 0.324 e. The fraction of sp³-hybridized carbons (Fsp3) is 0.500. The van der Waals surface area contributed by atoms with E-state index in [0.717, 1.165) is 24.1 Å². The Morgan fingerprint density at radius 2 is 2.22 bits per heavy atom. The third-order valence-corrected chi connectivity index (χ3v) is 3.34. The highest BCUT2D eigenvalue weighted by atomic mass is 15.2. The first-order valence-corrected chi connectivity index (χ1v) is 6.02. The second-order valence-electron chi connectivity index (χ2n) is 5.58. The van der Waals surface area contributed by atoms with Gasteiger partial charge in [0.15, 0.2) is 11.6 Å². The van der Waals surface area contributed by atoms with E-state index in [9.17, 15) is 0 Å². The van der Waals surface area contributed by atoms with Crippen LogP contribution < -0.4 is 5.73 Å². The van der Waals surface area contributed by atoms with Crippen molar-refractivity contribution < 1.29 is 0 Å². The van der Waals surface area contributed by atoms with Crippen LogP contribution in [-0.4, -0.2) is 25.1 Å². The highest BCUT2D eigenvalue weighted by molar-refractivity contribution is 5.43. The summed E-state index contributed by atoms with van der Waals surface area (Å²) in [6, 6.07) is 0.0209. The van der Waals surface area contributed by atoms with Gasteiger partial charge in [-0.05, 0) is 18.3 Å². The summed E-state index contributed by atoms with van der Waals surface area (Å²) in [7, 11) is 0. The highest BCUT2D eigenvalue weighted by Gasteiger charge is 2.31. The summed E-state index contributed by atoms with van der Waals surface area (Å²) >= 11 is 0. The minimum atomic E-state index is 0.0209. The predicted molar refractivity (Wildman–Crippen MR) is 66.4 cm³/mol. The first-order chi connectivity index (χ1) is 8.55. The molecule has 0 aromatic carbocycles. The molecular formula is C12H16N6. The number of aromatic nitrogens is 5. The Labute approximate surface area is 105 Å². The van der Waals surface area contributed by atoms with Gasteiger partial charge < -0.3 is 5.73 Å². The molecule has 0 aliphatic heterocycles. The smallest absolute Gasteiger partial charge is 0.197 e. The number of hydrogen-bond acceptors (Lipinski definition) is 5. The maximum absolute atomic E-state index is 6.17.